The first kappa shape index (κ1) is 12.1. The molecule has 2 fully saturated rings. The number of rotatable bonds is 3. The topological polar surface area (TPSA) is 95.6 Å². The summed E-state index contributed by atoms with van der Waals surface area (Å²) in [7, 11) is 0. The molecule has 3 rings (SSSR count). The molecule has 1 aromatic heterocycles. The maximum atomic E-state index is 12.1. The second-order valence-electron chi connectivity index (χ2n) is 5.14. The molecule has 2 aliphatic rings. The molecule has 100 valence electrons. The average molecular weight is 260 g/mol. The third kappa shape index (κ3) is 2.31. The third-order valence-electron chi connectivity index (χ3n) is 3.88. The van der Waals surface area contributed by atoms with E-state index in [-0.39, 0.29) is 17.9 Å². The average Bonchev–Trinajstić information content (AvgIpc) is 2.95. The summed E-state index contributed by atoms with van der Waals surface area (Å²) in [5, 5.41) is 22.9. The molecule has 1 aliphatic heterocycles. The minimum atomic E-state index is -0.231. The predicted molar refractivity (Wildman–Crippen MR) is 66.1 cm³/mol. The van der Waals surface area contributed by atoms with Crippen LogP contribution in [0, 0.1) is 17.2 Å². The Hall–Kier alpha value is -1.94. The first-order valence-electron chi connectivity index (χ1n) is 6.61. The fraction of sp³-hybridized carbons (Fsp3) is 0.667. The molecule has 1 aliphatic carbocycles. The first-order chi connectivity index (χ1) is 9.28. The number of carbonyl (C=O) groups excluding carboxylic acids is 1. The summed E-state index contributed by atoms with van der Waals surface area (Å²) >= 11 is 0. The molecule has 1 saturated heterocycles. The van der Waals surface area contributed by atoms with Crippen LogP contribution >= 0.6 is 0 Å². The zero-order valence-electron chi connectivity index (χ0n) is 10.5. The number of amides is 1. The van der Waals surface area contributed by atoms with Crippen LogP contribution in [-0.4, -0.2) is 40.0 Å². The highest BCUT2D eigenvalue weighted by Gasteiger charge is 2.29. The highest BCUT2D eigenvalue weighted by atomic mass is 16.2. The van der Waals surface area contributed by atoms with Gasteiger partial charge in [0.15, 0.2) is 5.69 Å². The number of carbonyl (C=O) groups is 1. The Balaban J connectivity index is 1.63. The molecule has 1 amide bonds. The van der Waals surface area contributed by atoms with Gasteiger partial charge in [-0.25, -0.2) is 4.68 Å². The number of nitriles is 1. The number of hydrogen-bond acceptors (Lipinski definition) is 5. The van der Waals surface area contributed by atoms with Crippen LogP contribution in [0.3, 0.4) is 0 Å². The summed E-state index contributed by atoms with van der Waals surface area (Å²) < 4.78 is 1.72. The van der Waals surface area contributed by atoms with Crippen molar-refractivity contribution in [2.24, 2.45) is 5.92 Å². The van der Waals surface area contributed by atoms with Crippen LogP contribution in [0.2, 0.25) is 0 Å². The van der Waals surface area contributed by atoms with E-state index in [0.717, 1.165) is 32.4 Å². The number of nitrogens with zero attached hydrogens (tertiary/aromatic N) is 4. The van der Waals surface area contributed by atoms with Gasteiger partial charge in [-0.1, -0.05) is 5.21 Å². The van der Waals surface area contributed by atoms with Gasteiger partial charge in [0.2, 0.25) is 0 Å². The molecule has 0 spiro atoms. The molecule has 7 nitrogen and oxygen atoms in total. The number of nitrogens with one attached hydrogen (secondary N) is 2. The summed E-state index contributed by atoms with van der Waals surface area (Å²) in [6.07, 6.45) is 4.40. The lowest BCUT2D eigenvalue weighted by Gasteiger charge is -2.26. The van der Waals surface area contributed by atoms with Crippen LogP contribution in [0.1, 0.15) is 35.8 Å². The summed E-state index contributed by atoms with van der Waals surface area (Å²) in [5.74, 6) is -0.305. The van der Waals surface area contributed by atoms with E-state index in [0.29, 0.717) is 11.7 Å². The van der Waals surface area contributed by atoms with Crippen molar-refractivity contribution in [3.8, 4) is 6.07 Å². The lowest BCUT2D eigenvalue weighted by molar-refractivity contribution is 0.0927. The standard InChI is InChI=1S/C12H16N6O/c13-4-8-2-1-3-10(8)15-12(19)11-7-18(17-16-11)9-5-14-6-9/h7-10,14H,1-3,5-6H2,(H,15,19). The van der Waals surface area contributed by atoms with E-state index in [2.05, 4.69) is 27.0 Å². The fourth-order valence-electron chi connectivity index (χ4n) is 2.55. The second-order valence-corrected chi connectivity index (χ2v) is 5.14. The van der Waals surface area contributed by atoms with Gasteiger partial charge in [0, 0.05) is 19.1 Å². The van der Waals surface area contributed by atoms with E-state index in [1.54, 1.807) is 10.9 Å². The predicted octanol–water partition coefficient (Wildman–Crippen LogP) is -0.156. The van der Waals surface area contributed by atoms with E-state index in [1.807, 2.05) is 0 Å². The van der Waals surface area contributed by atoms with Crippen molar-refractivity contribution in [1.29, 1.82) is 5.26 Å². The Morgan fingerprint density at radius 2 is 2.37 bits per heavy atom. The Morgan fingerprint density at radius 1 is 1.53 bits per heavy atom. The van der Waals surface area contributed by atoms with E-state index in [1.165, 1.54) is 0 Å². The maximum absolute atomic E-state index is 12.1. The van der Waals surface area contributed by atoms with Gasteiger partial charge in [-0.3, -0.25) is 4.79 Å². The van der Waals surface area contributed by atoms with Crippen LogP contribution in [0.4, 0.5) is 0 Å². The van der Waals surface area contributed by atoms with Crippen LogP contribution in [-0.2, 0) is 0 Å². The normalized spacial score (nSPS) is 26.7. The van der Waals surface area contributed by atoms with Crippen molar-refractivity contribution in [3.63, 3.8) is 0 Å². The smallest absolute Gasteiger partial charge is 0.273 e. The van der Waals surface area contributed by atoms with Crippen LogP contribution in [0.25, 0.3) is 0 Å². The van der Waals surface area contributed by atoms with Crippen LogP contribution in [0.5, 0.6) is 0 Å². The van der Waals surface area contributed by atoms with Gasteiger partial charge in [0.1, 0.15) is 0 Å². The molecule has 2 atom stereocenters. The van der Waals surface area contributed by atoms with Gasteiger partial charge in [0.25, 0.3) is 5.91 Å². The lowest BCUT2D eigenvalue weighted by atomic mass is 10.1. The van der Waals surface area contributed by atoms with Gasteiger partial charge in [-0.05, 0) is 19.3 Å². The minimum absolute atomic E-state index is 0.0481. The van der Waals surface area contributed by atoms with E-state index in [4.69, 9.17) is 5.26 Å². The SMILES string of the molecule is N#CC1CCCC1NC(=O)c1cn(C2CNC2)nn1. The third-order valence-corrected chi connectivity index (χ3v) is 3.88. The Morgan fingerprint density at radius 3 is 3.05 bits per heavy atom. The Kier molecular flexibility index (Phi) is 3.17. The molecule has 19 heavy (non-hydrogen) atoms. The van der Waals surface area contributed by atoms with Gasteiger partial charge in [-0.2, -0.15) is 5.26 Å². The molecule has 0 aromatic carbocycles. The van der Waals surface area contributed by atoms with Crippen molar-refractivity contribution in [3.05, 3.63) is 11.9 Å². The largest absolute Gasteiger partial charge is 0.347 e. The molecule has 7 heteroatoms. The zero-order chi connectivity index (χ0) is 13.2. The Labute approximate surface area is 111 Å². The van der Waals surface area contributed by atoms with Crippen molar-refractivity contribution in [2.45, 2.75) is 31.3 Å². The van der Waals surface area contributed by atoms with Crippen LogP contribution < -0.4 is 10.6 Å². The highest BCUT2D eigenvalue weighted by Crippen LogP contribution is 2.25. The fourth-order valence-corrected chi connectivity index (χ4v) is 2.55. The molecule has 2 heterocycles. The quantitative estimate of drug-likeness (QED) is 0.787. The zero-order valence-corrected chi connectivity index (χ0v) is 10.5. The van der Waals surface area contributed by atoms with Crippen LogP contribution in [0.15, 0.2) is 6.20 Å². The molecule has 2 N–H and O–H groups in total. The Bertz CT molecular complexity index is 515. The van der Waals surface area contributed by atoms with Gasteiger partial charge in [0.05, 0.1) is 24.2 Å². The molecule has 1 saturated carbocycles. The van der Waals surface area contributed by atoms with E-state index >= 15 is 0 Å². The first-order valence-corrected chi connectivity index (χ1v) is 6.61. The molecule has 0 bridgehead atoms. The van der Waals surface area contributed by atoms with Crippen molar-refractivity contribution in [2.75, 3.05) is 13.1 Å². The summed E-state index contributed by atoms with van der Waals surface area (Å²) in [5.41, 5.74) is 0.329. The van der Waals surface area contributed by atoms with Crippen molar-refractivity contribution in [1.82, 2.24) is 25.6 Å². The number of hydrogen-bond donors (Lipinski definition) is 2. The molecule has 2 unspecified atom stereocenters. The number of aromatic nitrogens is 3. The molecular weight excluding hydrogens is 244 g/mol. The minimum Gasteiger partial charge on any atom is -0.347 e. The van der Waals surface area contributed by atoms with Gasteiger partial charge >= 0.3 is 0 Å². The van der Waals surface area contributed by atoms with Crippen molar-refractivity contribution < 1.29 is 4.79 Å². The molecule has 1 aromatic rings. The highest BCUT2D eigenvalue weighted by molar-refractivity contribution is 5.92. The molecule has 0 radical (unpaired) electrons. The van der Waals surface area contributed by atoms with Crippen molar-refractivity contribution >= 4 is 5.91 Å². The summed E-state index contributed by atoms with van der Waals surface area (Å²) in [6, 6.07) is 2.50. The maximum Gasteiger partial charge on any atom is 0.273 e. The van der Waals surface area contributed by atoms with E-state index in [9.17, 15) is 4.79 Å². The second kappa shape index (κ2) is 4.97. The monoisotopic (exact) mass is 260 g/mol. The summed E-state index contributed by atoms with van der Waals surface area (Å²) in [4.78, 5) is 12.1. The van der Waals surface area contributed by atoms with Gasteiger partial charge in [-0.15, -0.1) is 5.10 Å². The summed E-state index contributed by atoms with van der Waals surface area (Å²) in [6.45, 7) is 1.73. The lowest BCUT2D eigenvalue weighted by Crippen LogP contribution is -2.43. The van der Waals surface area contributed by atoms with Gasteiger partial charge < -0.3 is 10.6 Å². The molecular formula is C12H16N6O. The van der Waals surface area contributed by atoms with E-state index < -0.39 is 0 Å².